The standard InChI is InChI=1S/C17H18N2O4/c1-11-14(15(18-23-11)12-6-3-2-4-7-12)16(20)19-9-5-8-13(10-19)17(21)22/h2-4,6-7,13H,5,8-10H2,1H3,(H,21,22)/t13-/m0/s1. The maximum atomic E-state index is 12.9. The molecule has 6 nitrogen and oxygen atoms in total. The Kier molecular flexibility index (Phi) is 4.14. The summed E-state index contributed by atoms with van der Waals surface area (Å²) in [6, 6.07) is 9.36. The minimum absolute atomic E-state index is 0.214. The summed E-state index contributed by atoms with van der Waals surface area (Å²) in [7, 11) is 0. The van der Waals surface area contributed by atoms with Crippen molar-refractivity contribution in [2.45, 2.75) is 19.8 Å². The molecule has 1 saturated heterocycles. The van der Waals surface area contributed by atoms with Gasteiger partial charge in [0.2, 0.25) is 0 Å². The largest absolute Gasteiger partial charge is 0.481 e. The quantitative estimate of drug-likeness (QED) is 0.941. The second kappa shape index (κ2) is 6.24. The number of hydrogen-bond acceptors (Lipinski definition) is 4. The van der Waals surface area contributed by atoms with Crippen molar-refractivity contribution in [1.82, 2.24) is 10.1 Å². The number of carbonyl (C=O) groups is 2. The van der Waals surface area contributed by atoms with Crippen LogP contribution in [0.25, 0.3) is 11.3 Å². The van der Waals surface area contributed by atoms with E-state index >= 15 is 0 Å². The van der Waals surface area contributed by atoms with Crippen LogP contribution in [-0.4, -0.2) is 40.1 Å². The van der Waals surface area contributed by atoms with Gasteiger partial charge in [-0.05, 0) is 19.8 Å². The van der Waals surface area contributed by atoms with Crippen LogP contribution < -0.4 is 0 Å². The minimum Gasteiger partial charge on any atom is -0.481 e. The van der Waals surface area contributed by atoms with Gasteiger partial charge in [0.1, 0.15) is 17.0 Å². The van der Waals surface area contributed by atoms with Crippen molar-refractivity contribution in [2.75, 3.05) is 13.1 Å². The summed E-state index contributed by atoms with van der Waals surface area (Å²) < 4.78 is 5.22. The van der Waals surface area contributed by atoms with Crippen molar-refractivity contribution >= 4 is 11.9 Å². The van der Waals surface area contributed by atoms with E-state index in [0.717, 1.165) is 5.56 Å². The third-order valence-corrected chi connectivity index (χ3v) is 4.18. The highest BCUT2D eigenvalue weighted by Crippen LogP contribution is 2.28. The average molecular weight is 314 g/mol. The monoisotopic (exact) mass is 314 g/mol. The molecule has 0 spiro atoms. The van der Waals surface area contributed by atoms with Crippen LogP contribution in [0.3, 0.4) is 0 Å². The molecule has 1 aliphatic rings. The third kappa shape index (κ3) is 2.97. The van der Waals surface area contributed by atoms with E-state index in [-0.39, 0.29) is 12.5 Å². The first kappa shape index (κ1) is 15.3. The van der Waals surface area contributed by atoms with E-state index in [2.05, 4.69) is 5.16 Å². The zero-order chi connectivity index (χ0) is 16.4. The highest BCUT2D eigenvalue weighted by Gasteiger charge is 2.32. The minimum atomic E-state index is -0.854. The first-order valence-electron chi connectivity index (χ1n) is 7.61. The van der Waals surface area contributed by atoms with Crippen LogP contribution in [0.4, 0.5) is 0 Å². The fourth-order valence-electron chi connectivity index (χ4n) is 2.94. The van der Waals surface area contributed by atoms with Crippen LogP contribution in [0.5, 0.6) is 0 Å². The summed E-state index contributed by atoms with van der Waals surface area (Å²) in [6.45, 7) is 2.49. The molecule has 1 aliphatic heterocycles. The summed E-state index contributed by atoms with van der Waals surface area (Å²) in [4.78, 5) is 25.7. The second-order valence-corrected chi connectivity index (χ2v) is 5.76. The molecule has 2 aromatic rings. The number of aromatic nitrogens is 1. The smallest absolute Gasteiger partial charge is 0.308 e. The van der Waals surface area contributed by atoms with Crippen molar-refractivity contribution in [3.05, 3.63) is 41.7 Å². The van der Waals surface area contributed by atoms with Crippen molar-refractivity contribution in [2.24, 2.45) is 5.92 Å². The Hall–Kier alpha value is -2.63. The topological polar surface area (TPSA) is 83.6 Å². The van der Waals surface area contributed by atoms with Crippen LogP contribution >= 0.6 is 0 Å². The molecule has 23 heavy (non-hydrogen) atoms. The number of piperidine rings is 1. The number of nitrogens with zero attached hydrogens (tertiary/aromatic N) is 2. The van der Waals surface area contributed by atoms with Gasteiger partial charge in [0, 0.05) is 18.7 Å². The number of carbonyl (C=O) groups excluding carboxylic acids is 1. The number of hydrogen-bond donors (Lipinski definition) is 1. The lowest BCUT2D eigenvalue weighted by atomic mass is 9.97. The molecule has 0 aliphatic carbocycles. The van der Waals surface area contributed by atoms with Gasteiger partial charge in [-0.2, -0.15) is 0 Å². The molecule has 1 atom stereocenters. The van der Waals surface area contributed by atoms with E-state index in [1.165, 1.54) is 0 Å². The van der Waals surface area contributed by atoms with Gasteiger partial charge in [-0.1, -0.05) is 35.5 Å². The maximum absolute atomic E-state index is 12.9. The summed E-state index contributed by atoms with van der Waals surface area (Å²) >= 11 is 0. The van der Waals surface area contributed by atoms with E-state index in [1.54, 1.807) is 11.8 Å². The number of amides is 1. The molecule has 2 heterocycles. The Labute approximate surface area is 133 Å². The van der Waals surface area contributed by atoms with E-state index in [4.69, 9.17) is 4.52 Å². The Morgan fingerprint density at radius 1 is 1.30 bits per heavy atom. The average Bonchev–Trinajstić information content (AvgIpc) is 2.96. The normalized spacial score (nSPS) is 18.0. The van der Waals surface area contributed by atoms with Gasteiger partial charge in [0.15, 0.2) is 0 Å². The summed E-state index contributed by atoms with van der Waals surface area (Å²) in [5.41, 5.74) is 1.73. The molecule has 0 unspecified atom stereocenters. The van der Waals surface area contributed by atoms with Gasteiger partial charge in [-0.3, -0.25) is 9.59 Å². The lowest BCUT2D eigenvalue weighted by Gasteiger charge is -2.30. The molecule has 3 rings (SSSR count). The van der Waals surface area contributed by atoms with E-state index in [0.29, 0.717) is 36.4 Å². The molecule has 1 N–H and O–H groups in total. The molecule has 1 aromatic carbocycles. The molecule has 0 bridgehead atoms. The lowest BCUT2D eigenvalue weighted by molar-refractivity contribution is -0.143. The Balaban J connectivity index is 1.91. The Bertz CT molecular complexity index is 723. The number of benzene rings is 1. The van der Waals surface area contributed by atoms with Crippen LogP contribution in [0.2, 0.25) is 0 Å². The van der Waals surface area contributed by atoms with Gasteiger partial charge in [-0.25, -0.2) is 0 Å². The van der Waals surface area contributed by atoms with Crippen LogP contribution in [0.15, 0.2) is 34.9 Å². The number of aliphatic carboxylic acids is 1. The zero-order valence-electron chi connectivity index (χ0n) is 12.9. The fraction of sp³-hybridized carbons (Fsp3) is 0.353. The number of rotatable bonds is 3. The van der Waals surface area contributed by atoms with E-state index < -0.39 is 11.9 Å². The van der Waals surface area contributed by atoms with E-state index in [1.807, 2.05) is 30.3 Å². The summed E-state index contributed by atoms with van der Waals surface area (Å²) in [6.07, 6.45) is 1.29. The predicted octanol–water partition coefficient (Wildman–Crippen LogP) is 2.59. The van der Waals surface area contributed by atoms with Gasteiger partial charge >= 0.3 is 5.97 Å². The highest BCUT2D eigenvalue weighted by atomic mass is 16.5. The number of likely N-dealkylation sites (tertiary alicyclic amines) is 1. The SMILES string of the molecule is Cc1onc(-c2ccccc2)c1C(=O)N1CCC[C@H](C(=O)O)C1. The molecule has 1 amide bonds. The highest BCUT2D eigenvalue weighted by molar-refractivity contribution is 6.01. The number of aryl methyl sites for hydroxylation is 1. The molecular formula is C17H18N2O4. The van der Waals surface area contributed by atoms with Gasteiger partial charge in [0.25, 0.3) is 5.91 Å². The van der Waals surface area contributed by atoms with Crippen LogP contribution in [-0.2, 0) is 4.79 Å². The first-order chi connectivity index (χ1) is 11.1. The van der Waals surface area contributed by atoms with Gasteiger partial charge in [0.05, 0.1) is 5.92 Å². The van der Waals surface area contributed by atoms with E-state index in [9.17, 15) is 14.7 Å². The maximum Gasteiger partial charge on any atom is 0.308 e. The molecule has 0 radical (unpaired) electrons. The van der Waals surface area contributed by atoms with Gasteiger partial charge < -0.3 is 14.5 Å². The summed E-state index contributed by atoms with van der Waals surface area (Å²) in [5, 5.41) is 13.2. The molecule has 1 aromatic heterocycles. The second-order valence-electron chi connectivity index (χ2n) is 5.76. The van der Waals surface area contributed by atoms with Crippen molar-refractivity contribution in [1.29, 1.82) is 0 Å². The van der Waals surface area contributed by atoms with Gasteiger partial charge in [-0.15, -0.1) is 0 Å². The third-order valence-electron chi connectivity index (χ3n) is 4.18. The molecular weight excluding hydrogens is 296 g/mol. The Morgan fingerprint density at radius 2 is 2.04 bits per heavy atom. The molecule has 1 fully saturated rings. The molecule has 0 saturated carbocycles. The van der Waals surface area contributed by atoms with Crippen molar-refractivity contribution in [3.8, 4) is 11.3 Å². The van der Waals surface area contributed by atoms with Crippen molar-refractivity contribution in [3.63, 3.8) is 0 Å². The zero-order valence-corrected chi connectivity index (χ0v) is 12.9. The van der Waals surface area contributed by atoms with Crippen LogP contribution in [0, 0.1) is 12.8 Å². The van der Waals surface area contributed by atoms with Crippen LogP contribution in [0.1, 0.15) is 29.0 Å². The van der Waals surface area contributed by atoms with Crippen molar-refractivity contribution < 1.29 is 19.2 Å². The molecule has 6 heteroatoms. The first-order valence-corrected chi connectivity index (χ1v) is 7.61. The lowest BCUT2D eigenvalue weighted by Crippen LogP contribution is -2.42. The number of carboxylic acids is 1. The summed E-state index contributed by atoms with van der Waals surface area (Å²) in [5.74, 6) is -1.12. The molecule has 120 valence electrons. The predicted molar refractivity (Wildman–Crippen MR) is 82.9 cm³/mol. The number of carboxylic acid groups (broad SMARTS) is 1. The fourth-order valence-corrected chi connectivity index (χ4v) is 2.94. The Morgan fingerprint density at radius 3 is 2.74 bits per heavy atom.